The second kappa shape index (κ2) is 3.87. The summed E-state index contributed by atoms with van der Waals surface area (Å²) >= 11 is 0. The number of nitrogens with zero attached hydrogens (tertiary/aromatic N) is 2. The molecule has 1 atom stereocenters. The summed E-state index contributed by atoms with van der Waals surface area (Å²) in [5.74, 6) is 0.0723. The van der Waals surface area contributed by atoms with E-state index in [1.54, 1.807) is 6.92 Å². The highest BCUT2D eigenvalue weighted by molar-refractivity contribution is 5.81. The number of carbonyl (C=O) groups excluding carboxylic acids is 1. The lowest BCUT2D eigenvalue weighted by atomic mass is 10.2. The molecule has 0 radical (unpaired) electrons. The van der Waals surface area contributed by atoms with E-state index in [4.69, 9.17) is 5.73 Å². The molecule has 1 amide bonds. The van der Waals surface area contributed by atoms with E-state index < -0.39 is 0 Å². The van der Waals surface area contributed by atoms with Crippen molar-refractivity contribution in [3.63, 3.8) is 0 Å². The van der Waals surface area contributed by atoms with Crippen molar-refractivity contribution >= 4 is 5.91 Å². The lowest BCUT2D eigenvalue weighted by molar-refractivity contribution is -0.133. The summed E-state index contributed by atoms with van der Waals surface area (Å²) in [4.78, 5) is 15.4. The Hall–Kier alpha value is -0.610. The Morgan fingerprint density at radius 1 is 1.33 bits per heavy atom. The third-order valence-electron chi connectivity index (χ3n) is 2.20. The number of hydrogen-bond donors (Lipinski definition) is 1. The van der Waals surface area contributed by atoms with Crippen LogP contribution in [0.5, 0.6) is 0 Å². The quantitative estimate of drug-likeness (QED) is 0.556. The third kappa shape index (κ3) is 2.19. The first kappa shape index (κ1) is 9.48. The molecular formula is C8H17N3O. The second-order valence-electron chi connectivity index (χ2n) is 3.42. The van der Waals surface area contributed by atoms with E-state index in [1.165, 1.54) is 0 Å². The van der Waals surface area contributed by atoms with Gasteiger partial charge in [-0.25, -0.2) is 0 Å². The smallest absolute Gasteiger partial charge is 0.239 e. The van der Waals surface area contributed by atoms with Gasteiger partial charge in [0.1, 0.15) is 0 Å². The zero-order valence-corrected chi connectivity index (χ0v) is 7.79. The number of hydrogen-bond acceptors (Lipinski definition) is 3. The number of amides is 1. The minimum atomic E-state index is -0.353. The van der Waals surface area contributed by atoms with Crippen LogP contribution in [-0.4, -0.2) is 55.0 Å². The Bertz CT molecular complexity index is 162. The van der Waals surface area contributed by atoms with Gasteiger partial charge in [-0.1, -0.05) is 0 Å². The number of carbonyl (C=O) groups is 1. The number of rotatable bonds is 1. The maximum Gasteiger partial charge on any atom is 0.239 e. The van der Waals surface area contributed by atoms with Gasteiger partial charge < -0.3 is 15.5 Å². The van der Waals surface area contributed by atoms with Crippen LogP contribution in [0.3, 0.4) is 0 Å². The highest BCUT2D eigenvalue weighted by Crippen LogP contribution is 2.00. The van der Waals surface area contributed by atoms with Crippen LogP contribution in [0.4, 0.5) is 0 Å². The first-order chi connectivity index (χ1) is 5.61. The molecule has 12 heavy (non-hydrogen) atoms. The first-order valence-electron chi connectivity index (χ1n) is 4.34. The molecule has 1 aliphatic rings. The summed E-state index contributed by atoms with van der Waals surface area (Å²) in [5.41, 5.74) is 5.50. The predicted octanol–water partition coefficient (Wildman–Crippen LogP) is -0.892. The molecular weight excluding hydrogens is 154 g/mol. The van der Waals surface area contributed by atoms with Crippen molar-refractivity contribution in [3.05, 3.63) is 0 Å². The molecule has 0 aromatic carbocycles. The maximum atomic E-state index is 11.4. The largest absolute Gasteiger partial charge is 0.339 e. The van der Waals surface area contributed by atoms with Crippen molar-refractivity contribution in [2.75, 3.05) is 33.2 Å². The molecule has 1 heterocycles. The zero-order chi connectivity index (χ0) is 9.14. The summed E-state index contributed by atoms with van der Waals surface area (Å²) in [5, 5.41) is 0. The molecule has 0 aromatic heterocycles. The van der Waals surface area contributed by atoms with Gasteiger partial charge in [0, 0.05) is 26.2 Å². The molecule has 1 saturated heterocycles. The normalized spacial score (nSPS) is 22.4. The van der Waals surface area contributed by atoms with Crippen molar-refractivity contribution in [3.8, 4) is 0 Å². The van der Waals surface area contributed by atoms with Gasteiger partial charge in [0.2, 0.25) is 5.91 Å². The topological polar surface area (TPSA) is 49.6 Å². The fourth-order valence-corrected chi connectivity index (χ4v) is 1.31. The Balaban J connectivity index is 2.39. The number of nitrogens with two attached hydrogens (primary N) is 1. The predicted molar refractivity (Wildman–Crippen MR) is 47.7 cm³/mol. The standard InChI is InChI=1S/C8H17N3O/c1-7(9)8(12)11-5-3-10(2)4-6-11/h7H,3-6,9H2,1-2H3/t7-/m1/s1. The van der Waals surface area contributed by atoms with E-state index in [0.717, 1.165) is 26.2 Å². The Morgan fingerprint density at radius 3 is 2.25 bits per heavy atom. The molecule has 0 aromatic rings. The van der Waals surface area contributed by atoms with E-state index >= 15 is 0 Å². The fourth-order valence-electron chi connectivity index (χ4n) is 1.31. The molecule has 1 aliphatic heterocycles. The van der Waals surface area contributed by atoms with Crippen molar-refractivity contribution < 1.29 is 4.79 Å². The van der Waals surface area contributed by atoms with Crippen molar-refractivity contribution in [1.82, 2.24) is 9.80 Å². The van der Waals surface area contributed by atoms with E-state index in [-0.39, 0.29) is 11.9 Å². The van der Waals surface area contributed by atoms with Crippen molar-refractivity contribution in [2.45, 2.75) is 13.0 Å². The molecule has 4 nitrogen and oxygen atoms in total. The molecule has 0 bridgehead atoms. The van der Waals surface area contributed by atoms with Crippen LogP contribution in [0.25, 0.3) is 0 Å². The summed E-state index contributed by atoms with van der Waals surface area (Å²) < 4.78 is 0. The van der Waals surface area contributed by atoms with Gasteiger partial charge in [-0.05, 0) is 14.0 Å². The molecule has 1 rings (SSSR count). The molecule has 4 heteroatoms. The van der Waals surface area contributed by atoms with E-state index in [9.17, 15) is 4.79 Å². The van der Waals surface area contributed by atoms with Gasteiger partial charge in [0.05, 0.1) is 6.04 Å². The minimum Gasteiger partial charge on any atom is -0.339 e. The van der Waals surface area contributed by atoms with Crippen LogP contribution in [0.2, 0.25) is 0 Å². The summed E-state index contributed by atoms with van der Waals surface area (Å²) in [6.07, 6.45) is 0. The number of likely N-dealkylation sites (N-methyl/N-ethyl adjacent to an activating group) is 1. The van der Waals surface area contributed by atoms with Gasteiger partial charge in [0.15, 0.2) is 0 Å². The summed E-state index contributed by atoms with van der Waals surface area (Å²) in [6.45, 7) is 5.28. The molecule has 0 spiro atoms. The van der Waals surface area contributed by atoms with Crippen LogP contribution < -0.4 is 5.73 Å². The van der Waals surface area contributed by atoms with Gasteiger partial charge >= 0.3 is 0 Å². The SMILES string of the molecule is C[C@@H](N)C(=O)N1CCN(C)CC1. The van der Waals surface area contributed by atoms with Crippen LogP contribution in [0, 0.1) is 0 Å². The van der Waals surface area contributed by atoms with Gasteiger partial charge in [-0.15, -0.1) is 0 Å². The monoisotopic (exact) mass is 171 g/mol. The fraction of sp³-hybridized carbons (Fsp3) is 0.875. The second-order valence-corrected chi connectivity index (χ2v) is 3.42. The highest BCUT2D eigenvalue weighted by Gasteiger charge is 2.20. The van der Waals surface area contributed by atoms with E-state index in [1.807, 2.05) is 4.90 Å². The van der Waals surface area contributed by atoms with E-state index in [2.05, 4.69) is 11.9 Å². The van der Waals surface area contributed by atoms with Gasteiger partial charge in [-0.3, -0.25) is 4.79 Å². The van der Waals surface area contributed by atoms with Crippen LogP contribution in [0.1, 0.15) is 6.92 Å². The third-order valence-corrected chi connectivity index (χ3v) is 2.20. The van der Waals surface area contributed by atoms with Crippen molar-refractivity contribution in [2.24, 2.45) is 5.73 Å². The average molecular weight is 171 g/mol. The summed E-state index contributed by atoms with van der Waals surface area (Å²) in [6, 6.07) is -0.353. The highest BCUT2D eigenvalue weighted by atomic mass is 16.2. The first-order valence-corrected chi connectivity index (χ1v) is 4.34. The molecule has 1 fully saturated rings. The van der Waals surface area contributed by atoms with Gasteiger partial charge in [-0.2, -0.15) is 0 Å². The molecule has 0 unspecified atom stereocenters. The lowest BCUT2D eigenvalue weighted by Gasteiger charge is -2.33. The Kier molecular flexibility index (Phi) is 3.05. The molecule has 0 aliphatic carbocycles. The Labute approximate surface area is 73.3 Å². The van der Waals surface area contributed by atoms with Crippen LogP contribution >= 0.6 is 0 Å². The van der Waals surface area contributed by atoms with Crippen molar-refractivity contribution in [1.29, 1.82) is 0 Å². The number of piperazine rings is 1. The molecule has 70 valence electrons. The lowest BCUT2D eigenvalue weighted by Crippen LogP contribution is -2.51. The molecule has 2 N–H and O–H groups in total. The Morgan fingerprint density at radius 2 is 1.83 bits per heavy atom. The zero-order valence-electron chi connectivity index (χ0n) is 7.79. The minimum absolute atomic E-state index is 0.0723. The van der Waals surface area contributed by atoms with Gasteiger partial charge in [0.25, 0.3) is 0 Å². The summed E-state index contributed by atoms with van der Waals surface area (Å²) in [7, 11) is 2.06. The molecule has 0 saturated carbocycles. The maximum absolute atomic E-state index is 11.4. The average Bonchev–Trinajstić information content (AvgIpc) is 2.04. The van der Waals surface area contributed by atoms with E-state index in [0.29, 0.717) is 0 Å². The van der Waals surface area contributed by atoms with Crippen LogP contribution in [-0.2, 0) is 4.79 Å². The van der Waals surface area contributed by atoms with Crippen LogP contribution in [0.15, 0.2) is 0 Å².